The number of carbonyl (C=O) groups is 1. The van der Waals surface area contributed by atoms with Crippen LogP contribution in [0.25, 0.3) is 10.9 Å². The second kappa shape index (κ2) is 9.13. The summed E-state index contributed by atoms with van der Waals surface area (Å²) in [4.78, 5) is 27.3. The average Bonchev–Trinajstić information content (AvgIpc) is 3.32. The summed E-state index contributed by atoms with van der Waals surface area (Å²) >= 11 is 0. The lowest BCUT2D eigenvalue weighted by atomic mass is 9.87. The van der Waals surface area contributed by atoms with Gasteiger partial charge in [-0.2, -0.15) is 18.2 Å². The van der Waals surface area contributed by atoms with E-state index < -0.39 is 23.4 Å². The van der Waals surface area contributed by atoms with E-state index in [2.05, 4.69) is 9.97 Å². The molecular formula is C26H28F3N5O3. The molecule has 196 valence electrons. The summed E-state index contributed by atoms with van der Waals surface area (Å²) in [5.74, 6) is -0.0374. The number of pyridine rings is 1. The van der Waals surface area contributed by atoms with Gasteiger partial charge >= 0.3 is 6.18 Å². The Kier molecular flexibility index (Phi) is 6.21. The maximum atomic E-state index is 13.5. The quantitative estimate of drug-likeness (QED) is 0.575. The number of likely N-dealkylation sites (tertiary alicyclic amines) is 1. The Bertz CT molecular complexity index is 1440. The number of fused-ring (bicyclic) bond motifs is 3. The van der Waals surface area contributed by atoms with Crippen molar-refractivity contribution in [3.05, 3.63) is 58.3 Å². The first-order chi connectivity index (χ1) is 17.5. The normalized spacial score (nSPS) is 18.6. The van der Waals surface area contributed by atoms with Crippen molar-refractivity contribution >= 4 is 16.8 Å². The number of nitrogens with zero attached hydrogens (tertiary/aromatic N) is 5. The zero-order valence-electron chi connectivity index (χ0n) is 20.8. The van der Waals surface area contributed by atoms with Gasteiger partial charge in [0.15, 0.2) is 5.49 Å². The Labute approximate surface area is 211 Å². The zero-order chi connectivity index (χ0) is 26.5. The van der Waals surface area contributed by atoms with E-state index in [1.165, 1.54) is 19.9 Å². The van der Waals surface area contributed by atoms with Crippen LogP contribution in [0.4, 0.5) is 13.2 Å². The van der Waals surface area contributed by atoms with Crippen molar-refractivity contribution in [1.82, 2.24) is 19.4 Å². The fourth-order valence-electron chi connectivity index (χ4n) is 5.18. The van der Waals surface area contributed by atoms with Gasteiger partial charge in [-0.3, -0.25) is 19.3 Å². The third-order valence-electron chi connectivity index (χ3n) is 7.35. The molecular weight excluding hydrogens is 487 g/mol. The van der Waals surface area contributed by atoms with Crippen molar-refractivity contribution in [3.8, 4) is 6.01 Å². The maximum Gasteiger partial charge on any atom is 0.416 e. The largest absolute Gasteiger partial charge is 0.463 e. The molecule has 1 fully saturated rings. The number of ether oxygens (including phenoxy) is 1. The fraction of sp³-hybridized carbons (Fsp3) is 0.462. The van der Waals surface area contributed by atoms with Gasteiger partial charge in [0, 0.05) is 25.4 Å². The van der Waals surface area contributed by atoms with Gasteiger partial charge in [0.1, 0.15) is 12.2 Å². The van der Waals surface area contributed by atoms with Crippen molar-refractivity contribution in [2.45, 2.75) is 58.0 Å². The highest BCUT2D eigenvalue weighted by atomic mass is 19.4. The predicted molar refractivity (Wildman–Crippen MR) is 129 cm³/mol. The molecule has 8 nitrogen and oxygen atoms in total. The minimum Gasteiger partial charge on any atom is -0.463 e. The van der Waals surface area contributed by atoms with Crippen LogP contribution in [0, 0.1) is 6.92 Å². The maximum absolute atomic E-state index is 13.5. The van der Waals surface area contributed by atoms with Gasteiger partial charge < -0.3 is 14.7 Å². The highest BCUT2D eigenvalue weighted by molar-refractivity contribution is 5.78. The molecule has 37 heavy (non-hydrogen) atoms. The van der Waals surface area contributed by atoms with E-state index in [-0.39, 0.29) is 11.5 Å². The number of aromatic nitrogens is 3. The molecule has 0 unspecified atom stereocenters. The lowest BCUT2D eigenvalue weighted by Crippen LogP contribution is -2.44. The fourth-order valence-corrected chi connectivity index (χ4v) is 5.18. The van der Waals surface area contributed by atoms with Gasteiger partial charge in [-0.25, -0.2) is 0 Å². The van der Waals surface area contributed by atoms with Crippen LogP contribution in [0.5, 0.6) is 6.01 Å². The summed E-state index contributed by atoms with van der Waals surface area (Å²) in [6, 6.07) is 5.58. The molecule has 0 saturated carbocycles. The third kappa shape index (κ3) is 4.56. The Morgan fingerprint density at radius 1 is 1.24 bits per heavy atom. The van der Waals surface area contributed by atoms with Crippen molar-refractivity contribution in [2.75, 3.05) is 19.7 Å². The van der Waals surface area contributed by atoms with Gasteiger partial charge in [-0.15, -0.1) is 0 Å². The SMILES string of the molecule is CC(=O)N1CCC(O)(c2cc3c(=N[C@H](C)c4cccc(C(F)(F)F)c4C)nc4n(c3cn2)CCO4)CC1. The second-order valence-electron chi connectivity index (χ2n) is 9.67. The first-order valence-electron chi connectivity index (χ1n) is 12.2. The van der Waals surface area contributed by atoms with Crippen LogP contribution < -0.4 is 10.2 Å². The topological polar surface area (TPSA) is 92.8 Å². The van der Waals surface area contributed by atoms with E-state index in [1.807, 2.05) is 4.57 Å². The molecule has 2 aliphatic rings. The predicted octanol–water partition coefficient (Wildman–Crippen LogP) is 3.64. The number of rotatable bonds is 3. The summed E-state index contributed by atoms with van der Waals surface area (Å²) in [5, 5.41) is 12.0. The number of piperidine rings is 1. The Hall–Kier alpha value is -3.47. The minimum atomic E-state index is -4.46. The van der Waals surface area contributed by atoms with Crippen molar-refractivity contribution < 1.29 is 27.8 Å². The molecule has 11 heteroatoms. The third-order valence-corrected chi connectivity index (χ3v) is 7.35. The van der Waals surface area contributed by atoms with E-state index in [4.69, 9.17) is 9.73 Å². The number of alkyl halides is 3. The van der Waals surface area contributed by atoms with E-state index in [0.29, 0.717) is 72.7 Å². The second-order valence-corrected chi connectivity index (χ2v) is 9.67. The average molecular weight is 516 g/mol. The summed E-state index contributed by atoms with van der Waals surface area (Å²) in [6.45, 7) is 6.51. The Balaban J connectivity index is 1.61. The van der Waals surface area contributed by atoms with E-state index in [9.17, 15) is 23.1 Å². The number of benzene rings is 1. The van der Waals surface area contributed by atoms with Crippen molar-refractivity contribution in [1.29, 1.82) is 0 Å². The monoisotopic (exact) mass is 515 g/mol. The first-order valence-corrected chi connectivity index (χ1v) is 12.2. The molecule has 0 radical (unpaired) electrons. The molecule has 4 heterocycles. The molecule has 2 aliphatic heterocycles. The summed E-state index contributed by atoms with van der Waals surface area (Å²) in [6.07, 6.45) is -2.13. The summed E-state index contributed by atoms with van der Waals surface area (Å²) in [7, 11) is 0. The first kappa shape index (κ1) is 25.2. The highest BCUT2D eigenvalue weighted by Crippen LogP contribution is 2.36. The van der Waals surface area contributed by atoms with Crippen molar-refractivity contribution in [3.63, 3.8) is 0 Å². The Morgan fingerprint density at radius 2 is 1.97 bits per heavy atom. The molecule has 0 spiro atoms. The van der Waals surface area contributed by atoms with Crippen LogP contribution in [0.2, 0.25) is 0 Å². The number of carbonyl (C=O) groups excluding carboxylic acids is 1. The molecule has 1 amide bonds. The van der Waals surface area contributed by atoms with Crippen LogP contribution in [0.1, 0.15) is 55.1 Å². The lowest BCUT2D eigenvalue weighted by molar-refractivity contribution is -0.138. The van der Waals surface area contributed by atoms with Gasteiger partial charge in [-0.1, -0.05) is 12.1 Å². The molecule has 0 bridgehead atoms. The molecule has 1 aromatic carbocycles. The standard InChI is InChI=1S/C26H28F3N5O3/c1-15-18(5-4-6-20(15)26(27,28)29)16(2)31-23-19-13-22(25(36)7-9-33(10-8-25)17(3)35)30-14-21(19)34-11-12-37-24(34)32-23/h4-6,13-14,16,36H,7-12H2,1-3H3/t16-/m1/s1. The number of hydrogen-bond donors (Lipinski definition) is 1. The van der Waals surface area contributed by atoms with Gasteiger partial charge in [-0.05, 0) is 49.9 Å². The van der Waals surface area contributed by atoms with Crippen molar-refractivity contribution in [2.24, 2.45) is 4.99 Å². The molecule has 1 saturated heterocycles. The zero-order valence-corrected chi connectivity index (χ0v) is 20.8. The highest BCUT2D eigenvalue weighted by Gasteiger charge is 2.37. The van der Waals surface area contributed by atoms with Gasteiger partial charge in [0.2, 0.25) is 5.91 Å². The lowest BCUT2D eigenvalue weighted by Gasteiger charge is -2.37. The van der Waals surface area contributed by atoms with Gasteiger partial charge in [0.25, 0.3) is 6.01 Å². The molecule has 1 atom stereocenters. The number of halogens is 3. The van der Waals surface area contributed by atoms with E-state index in [1.54, 1.807) is 30.2 Å². The molecule has 1 N–H and O–H groups in total. The van der Waals surface area contributed by atoms with Crippen LogP contribution in [-0.4, -0.2) is 50.1 Å². The van der Waals surface area contributed by atoms with Crippen LogP contribution in [-0.2, 0) is 23.1 Å². The number of amides is 1. The number of aliphatic hydroxyl groups is 1. The minimum absolute atomic E-state index is 0.0374. The summed E-state index contributed by atoms with van der Waals surface area (Å²) in [5.41, 5.74) is 0.122. The summed E-state index contributed by atoms with van der Waals surface area (Å²) < 4.78 is 48.0. The smallest absolute Gasteiger partial charge is 0.416 e. The molecule has 0 aliphatic carbocycles. The molecule has 3 aromatic rings. The van der Waals surface area contributed by atoms with E-state index >= 15 is 0 Å². The van der Waals surface area contributed by atoms with Gasteiger partial charge in [0.05, 0.1) is 35.6 Å². The molecule has 2 aromatic heterocycles. The van der Waals surface area contributed by atoms with Crippen LogP contribution >= 0.6 is 0 Å². The Morgan fingerprint density at radius 3 is 2.65 bits per heavy atom. The van der Waals surface area contributed by atoms with E-state index in [0.717, 1.165) is 6.07 Å². The molecule has 5 rings (SSSR count). The van der Waals surface area contributed by atoms with Crippen LogP contribution in [0.3, 0.4) is 0 Å². The number of hydrogen-bond acceptors (Lipinski definition) is 6. The van der Waals surface area contributed by atoms with Crippen LogP contribution in [0.15, 0.2) is 35.5 Å².